The first-order valence-electron chi connectivity index (χ1n) is 9.07. The van der Waals surface area contributed by atoms with Crippen molar-refractivity contribution in [3.8, 4) is 0 Å². The molecule has 3 nitrogen and oxygen atoms in total. The van der Waals surface area contributed by atoms with Gasteiger partial charge in [-0.15, -0.1) is 12.4 Å². The van der Waals surface area contributed by atoms with Gasteiger partial charge in [-0.3, -0.25) is 4.79 Å². The Morgan fingerprint density at radius 2 is 1.67 bits per heavy atom. The van der Waals surface area contributed by atoms with Gasteiger partial charge in [0.1, 0.15) is 0 Å². The number of hydrogen-bond acceptors (Lipinski definition) is 2. The number of amides is 1. The zero-order valence-corrected chi connectivity index (χ0v) is 16.0. The van der Waals surface area contributed by atoms with Crippen molar-refractivity contribution in [3.05, 3.63) is 35.4 Å². The number of carbonyl (C=O) groups excluding carboxylic acids is 1. The number of nitrogens with zero attached hydrogens (tertiary/aromatic N) is 1. The first kappa shape index (κ1) is 19.3. The van der Waals surface area contributed by atoms with Crippen molar-refractivity contribution in [1.29, 1.82) is 0 Å². The van der Waals surface area contributed by atoms with E-state index < -0.39 is 0 Å². The number of benzene rings is 1. The Morgan fingerprint density at radius 3 is 2.17 bits per heavy atom. The molecule has 24 heavy (non-hydrogen) atoms. The SMILES string of the molecule is CC(C)(C)c1ccc(C(=O)N2CCC(NCC3CC3)CC2)cc1.Cl. The van der Waals surface area contributed by atoms with Gasteiger partial charge in [-0.25, -0.2) is 0 Å². The van der Waals surface area contributed by atoms with E-state index in [1.54, 1.807) is 0 Å². The van der Waals surface area contributed by atoms with E-state index in [0.29, 0.717) is 6.04 Å². The minimum absolute atomic E-state index is 0. The van der Waals surface area contributed by atoms with Crippen molar-refractivity contribution in [3.63, 3.8) is 0 Å². The molecule has 0 radical (unpaired) electrons. The molecule has 4 heteroatoms. The van der Waals surface area contributed by atoms with Gasteiger partial charge < -0.3 is 10.2 Å². The maximum atomic E-state index is 12.6. The Balaban J connectivity index is 0.00000208. The van der Waals surface area contributed by atoms with Crippen LogP contribution in [0.25, 0.3) is 0 Å². The standard InChI is InChI=1S/C20H30N2O.ClH/c1-20(2,3)17-8-6-16(7-9-17)19(23)22-12-10-18(11-13-22)21-14-15-4-5-15;/h6-9,15,18,21H,4-5,10-14H2,1-3H3;1H. The van der Waals surface area contributed by atoms with Crippen LogP contribution in [0.5, 0.6) is 0 Å². The molecule has 0 unspecified atom stereocenters. The van der Waals surface area contributed by atoms with Gasteiger partial charge in [0.25, 0.3) is 5.91 Å². The van der Waals surface area contributed by atoms with Crippen molar-refractivity contribution in [2.45, 2.75) is 57.9 Å². The molecule has 1 heterocycles. The Hall–Kier alpha value is -1.06. The van der Waals surface area contributed by atoms with E-state index in [-0.39, 0.29) is 23.7 Å². The number of nitrogens with one attached hydrogen (secondary N) is 1. The number of piperidine rings is 1. The maximum absolute atomic E-state index is 12.6. The highest BCUT2D eigenvalue weighted by Crippen LogP contribution is 2.28. The predicted molar refractivity (Wildman–Crippen MR) is 102 cm³/mol. The molecular weight excluding hydrogens is 320 g/mol. The second-order valence-corrected chi connectivity index (χ2v) is 8.25. The molecule has 0 atom stereocenters. The summed E-state index contributed by atoms with van der Waals surface area (Å²) in [4.78, 5) is 14.7. The van der Waals surface area contributed by atoms with E-state index in [4.69, 9.17) is 0 Å². The molecule has 134 valence electrons. The second-order valence-electron chi connectivity index (χ2n) is 8.25. The third-order valence-electron chi connectivity index (χ3n) is 5.17. The van der Waals surface area contributed by atoms with Crippen molar-refractivity contribution >= 4 is 18.3 Å². The molecule has 3 rings (SSSR count). The highest BCUT2D eigenvalue weighted by atomic mass is 35.5. The summed E-state index contributed by atoms with van der Waals surface area (Å²) >= 11 is 0. The molecule has 1 aliphatic heterocycles. The van der Waals surface area contributed by atoms with E-state index >= 15 is 0 Å². The topological polar surface area (TPSA) is 32.3 Å². The number of likely N-dealkylation sites (tertiary alicyclic amines) is 1. The third kappa shape index (κ3) is 4.97. The van der Waals surface area contributed by atoms with Gasteiger partial charge in [0.05, 0.1) is 0 Å². The van der Waals surface area contributed by atoms with E-state index in [2.05, 4.69) is 38.2 Å². The summed E-state index contributed by atoms with van der Waals surface area (Å²) in [5, 5.41) is 3.67. The minimum atomic E-state index is 0. The van der Waals surface area contributed by atoms with Gasteiger partial charge in [-0.1, -0.05) is 32.9 Å². The molecule has 1 N–H and O–H groups in total. The van der Waals surface area contributed by atoms with Crippen LogP contribution in [-0.4, -0.2) is 36.5 Å². The first-order valence-corrected chi connectivity index (χ1v) is 9.07. The molecule has 0 bridgehead atoms. The second kappa shape index (κ2) is 7.88. The smallest absolute Gasteiger partial charge is 0.253 e. The fourth-order valence-electron chi connectivity index (χ4n) is 3.24. The Kier molecular flexibility index (Phi) is 6.33. The lowest BCUT2D eigenvalue weighted by molar-refractivity contribution is 0.0705. The van der Waals surface area contributed by atoms with Gasteiger partial charge in [0.15, 0.2) is 0 Å². The van der Waals surface area contributed by atoms with Gasteiger partial charge in [-0.05, 0) is 61.3 Å². The van der Waals surface area contributed by atoms with Crippen LogP contribution in [0.4, 0.5) is 0 Å². The molecular formula is C20H31ClN2O. The highest BCUT2D eigenvalue weighted by Gasteiger charge is 2.26. The lowest BCUT2D eigenvalue weighted by Gasteiger charge is -2.32. The predicted octanol–water partition coefficient (Wildman–Crippen LogP) is 4.01. The summed E-state index contributed by atoms with van der Waals surface area (Å²) in [6.45, 7) is 9.52. The largest absolute Gasteiger partial charge is 0.339 e. The zero-order valence-electron chi connectivity index (χ0n) is 15.2. The molecule has 0 spiro atoms. The van der Waals surface area contributed by atoms with Crippen LogP contribution >= 0.6 is 12.4 Å². The monoisotopic (exact) mass is 350 g/mol. The normalized spacial score (nSPS) is 19.0. The van der Waals surface area contributed by atoms with Crippen LogP contribution in [0.2, 0.25) is 0 Å². The number of rotatable bonds is 4. The third-order valence-corrected chi connectivity index (χ3v) is 5.17. The van der Waals surface area contributed by atoms with E-state index in [0.717, 1.165) is 37.4 Å². The van der Waals surface area contributed by atoms with E-state index in [1.807, 2.05) is 17.0 Å². The summed E-state index contributed by atoms with van der Waals surface area (Å²) in [5.41, 5.74) is 2.23. The number of hydrogen-bond donors (Lipinski definition) is 1. The Morgan fingerprint density at radius 1 is 1.08 bits per heavy atom. The van der Waals surface area contributed by atoms with Crippen LogP contribution in [0.15, 0.2) is 24.3 Å². The van der Waals surface area contributed by atoms with Crippen LogP contribution < -0.4 is 5.32 Å². The van der Waals surface area contributed by atoms with Gasteiger partial charge in [0, 0.05) is 24.7 Å². The highest BCUT2D eigenvalue weighted by molar-refractivity contribution is 5.94. The lowest BCUT2D eigenvalue weighted by atomic mass is 9.86. The molecule has 1 saturated carbocycles. The van der Waals surface area contributed by atoms with Crippen molar-refractivity contribution < 1.29 is 4.79 Å². The van der Waals surface area contributed by atoms with Crippen molar-refractivity contribution in [1.82, 2.24) is 10.2 Å². The lowest BCUT2D eigenvalue weighted by Crippen LogP contribution is -2.45. The van der Waals surface area contributed by atoms with E-state index in [9.17, 15) is 4.79 Å². The molecule has 2 aliphatic rings. The molecule has 1 aromatic carbocycles. The zero-order chi connectivity index (χ0) is 16.4. The summed E-state index contributed by atoms with van der Waals surface area (Å²) < 4.78 is 0. The van der Waals surface area contributed by atoms with Gasteiger partial charge in [0.2, 0.25) is 0 Å². The van der Waals surface area contributed by atoms with E-state index in [1.165, 1.54) is 24.9 Å². The number of carbonyl (C=O) groups is 1. The molecule has 1 aliphatic carbocycles. The first-order chi connectivity index (χ1) is 10.9. The average molecular weight is 351 g/mol. The molecule has 1 saturated heterocycles. The number of halogens is 1. The average Bonchev–Trinajstić information content (AvgIpc) is 3.36. The maximum Gasteiger partial charge on any atom is 0.253 e. The summed E-state index contributed by atoms with van der Waals surface area (Å²) in [6.07, 6.45) is 4.96. The van der Waals surface area contributed by atoms with Crippen molar-refractivity contribution in [2.24, 2.45) is 5.92 Å². The Bertz CT molecular complexity index is 538. The molecule has 1 amide bonds. The van der Waals surface area contributed by atoms with Gasteiger partial charge >= 0.3 is 0 Å². The van der Waals surface area contributed by atoms with Gasteiger partial charge in [-0.2, -0.15) is 0 Å². The molecule has 2 fully saturated rings. The summed E-state index contributed by atoms with van der Waals surface area (Å²) in [7, 11) is 0. The summed E-state index contributed by atoms with van der Waals surface area (Å²) in [5.74, 6) is 1.11. The Labute approximate surface area is 152 Å². The van der Waals surface area contributed by atoms with Crippen LogP contribution in [0, 0.1) is 5.92 Å². The molecule has 1 aromatic rings. The summed E-state index contributed by atoms with van der Waals surface area (Å²) in [6, 6.07) is 8.76. The van der Waals surface area contributed by atoms with Crippen LogP contribution in [0.3, 0.4) is 0 Å². The fraction of sp³-hybridized carbons (Fsp3) is 0.650. The quantitative estimate of drug-likeness (QED) is 0.889. The van der Waals surface area contributed by atoms with Crippen LogP contribution in [0.1, 0.15) is 62.4 Å². The molecule has 0 aromatic heterocycles. The van der Waals surface area contributed by atoms with Crippen LogP contribution in [-0.2, 0) is 5.41 Å². The fourth-order valence-corrected chi connectivity index (χ4v) is 3.24. The minimum Gasteiger partial charge on any atom is -0.339 e. The van der Waals surface area contributed by atoms with Crippen molar-refractivity contribution in [2.75, 3.05) is 19.6 Å².